The van der Waals surface area contributed by atoms with E-state index in [1.54, 1.807) is 11.4 Å². The highest BCUT2D eigenvalue weighted by atomic mass is 32.1. The van der Waals surface area contributed by atoms with E-state index in [4.69, 9.17) is 0 Å². The number of nitro benzene ring substituents is 1. The lowest BCUT2D eigenvalue weighted by Gasteiger charge is -2.08. The van der Waals surface area contributed by atoms with Gasteiger partial charge in [-0.2, -0.15) is 0 Å². The Morgan fingerprint density at radius 3 is 2.96 bits per heavy atom. The van der Waals surface area contributed by atoms with E-state index in [2.05, 4.69) is 10.3 Å². The Balaban J connectivity index is 1.82. The quantitative estimate of drug-likeness (QED) is 0.574. The van der Waals surface area contributed by atoms with Crippen LogP contribution in [0.1, 0.15) is 0 Å². The maximum atomic E-state index is 13.7. The Kier molecular flexibility index (Phi) is 4.04. The van der Waals surface area contributed by atoms with E-state index in [0.717, 1.165) is 22.8 Å². The molecule has 0 saturated carbocycles. The van der Waals surface area contributed by atoms with Crippen LogP contribution in [0.2, 0.25) is 0 Å². The van der Waals surface area contributed by atoms with Gasteiger partial charge >= 0.3 is 0 Å². The number of non-ortho nitro benzene ring substituents is 1. The Hall–Kier alpha value is -3.14. The minimum absolute atomic E-state index is 0.327. The van der Waals surface area contributed by atoms with Crippen LogP contribution in [0.3, 0.4) is 0 Å². The molecule has 0 aliphatic rings. The molecule has 0 radical (unpaired) electrons. The molecule has 1 N–H and O–H groups in total. The molecule has 3 aromatic rings. The van der Waals surface area contributed by atoms with Crippen molar-refractivity contribution in [3.05, 3.63) is 62.3 Å². The number of thiophene rings is 1. The molecule has 0 aliphatic carbocycles. The average molecular weight is 348 g/mol. The summed E-state index contributed by atoms with van der Waals surface area (Å²) in [6.07, 6.45) is 1.23. The minimum atomic E-state index is -0.812. The number of fused-ring (bicyclic) bond motifs is 1. The van der Waals surface area contributed by atoms with Crippen molar-refractivity contribution < 1.29 is 14.1 Å². The number of anilines is 1. The van der Waals surface area contributed by atoms with Crippen molar-refractivity contribution in [2.75, 3.05) is 5.32 Å². The van der Waals surface area contributed by atoms with Crippen LogP contribution in [-0.4, -0.2) is 20.4 Å². The molecule has 8 nitrogen and oxygen atoms in total. The summed E-state index contributed by atoms with van der Waals surface area (Å²) >= 11 is 1.30. The van der Waals surface area contributed by atoms with Crippen molar-refractivity contribution in [1.29, 1.82) is 0 Å². The molecule has 24 heavy (non-hydrogen) atoms. The second-order valence-electron chi connectivity index (χ2n) is 4.79. The van der Waals surface area contributed by atoms with Crippen molar-refractivity contribution in [3.8, 4) is 0 Å². The molecule has 10 heteroatoms. The van der Waals surface area contributed by atoms with Gasteiger partial charge in [0, 0.05) is 12.1 Å². The van der Waals surface area contributed by atoms with Crippen LogP contribution in [0.25, 0.3) is 10.2 Å². The molecule has 0 saturated heterocycles. The largest absolute Gasteiger partial charge is 0.322 e. The summed E-state index contributed by atoms with van der Waals surface area (Å²) in [4.78, 5) is 38.8. The van der Waals surface area contributed by atoms with Crippen LogP contribution in [0.5, 0.6) is 0 Å². The van der Waals surface area contributed by atoms with Gasteiger partial charge in [0.15, 0.2) is 0 Å². The maximum Gasteiger partial charge on any atom is 0.271 e. The van der Waals surface area contributed by atoms with Gasteiger partial charge < -0.3 is 5.32 Å². The van der Waals surface area contributed by atoms with Crippen LogP contribution in [0.4, 0.5) is 15.8 Å². The molecule has 1 aromatic carbocycles. The zero-order valence-electron chi connectivity index (χ0n) is 11.9. The van der Waals surface area contributed by atoms with Crippen molar-refractivity contribution in [2.24, 2.45) is 0 Å². The van der Waals surface area contributed by atoms with Gasteiger partial charge in [-0.1, -0.05) is 0 Å². The standard InChI is InChI=1S/C14H9FN4O4S/c15-10-2-1-8(19(22)23)5-11(10)17-12(20)6-18-7-16-13-9(14(18)21)3-4-24-13/h1-5,7H,6H2,(H,17,20). The fraction of sp³-hybridized carbons (Fsp3) is 0.0714. The molecule has 0 bridgehead atoms. The Labute approximate surface area is 137 Å². The van der Waals surface area contributed by atoms with E-state index in [1.165, 1.54) is 17.7 Å². The number of hydrogen-bond acceptors (Lipinski definition) is 6. The second-order valence-corrected chi connectivity index (χ2v) is 5.68. The highest BCUT2D eigenvalue weighted by Gasteiger charge is 2.14. The summed E-state index contributed by atoms with van der Waals surface area (Å²) in [5.41, 5.74) is -1.08. The number of benzene rings is 1. The van der Waals surface area contributed by atoms with Gasteiger partial charge in [-0.3, -0.25) is 24.3 Å². The number of nitrogens with one attached hydrogen (secondary N) is 1. The highest BCUT2D eigenvalue weighted by molar-refractivity contribution is 7.16. The fourth-order valence-electron chi connectivity index (χ4n) is 2.07. The molecular weight excluding hydrogens is 339 g/mol. The van der Waals surface area contributed by atoms with Gasteiger partial charge in [-0.05, 0) is 17.5 Å². The third-order valence-corrected chi connectivity index (χ3v) is 4.02. The first kappa shape index (κ1) is 15.7. The van der Waals surface area contributed by atoms with Crippen molar-refractivity contribution in [3.63, 3.8) is 0 Å². The van der Waals surface area contributed by atoms with Crippen molar-refractivity contribution in [1.82, 2.24) is 9.55 Å². The van der Waals surface area contributed by atoms with Gasteiger partial charge in [0.05, 0.1) is 22.3 Å². The van der Waals surface area contributed by atoms with Crippen LogP contribution >= 0.6 is 11.3 Å². The molecule has 3 rings (SSSR count). The molecule has 122 valence electrons. The number of hydrogen-bond donors (Lipinski definition) is 1. The van der Waals surface area contributed by atoms with Gasteiger partial charge in [0.2, 0.25) is 5.91 Å². The van der Waals surface area contributed by atoms with E-state index < -0.39 is 22.2 Å². The van der Waals surface area contributed by atoms with Crippen molar-refractivity contribution >= 4 is 38.8 Å². The van der Waals surface area contributed by atoms with Crippen LogP contribution in [0.15, 0.2) is 40.8 Å². The van der Waals surface area contributed by atoms with Gasteiger partial charge in [-0.15, -0.1) is 11.3 Å². The lowest BCUT2D eigenvalue weighted by atomic mass is 10.2. The zero-order valence-corrected chi connectivity index (χ0v) is 12.7. The van der Waals surface area contributed by atoms with Crippen LogP contribution in [0, 0.1) is 15.9 Å². The fourth-order valence-corrected chi connectivity index (χ4v) is 2.80. The smallest absolute Gasteiger partial charge is 0.271 e. The maximum absolute atomic E-state index is 13.7. The summed E-state index contributed by atoms with van der Waals surface area (Å²) in [5, 5.41) is 15.0. The monoisotopic (exact) mass is 348 g/mol. The second kappa shape index (κ2) is 6.16. The lowest BCUT2D eigenvalue weighted by Crippen LogP contribution is -2.27. The first-order chi connectivity index (χ1) is 11.5. The van der Waals surface area contributed by atoms with E-state index in [-0.39, 0.29) is 17.9 Å². The number of carbonyl (C=O) groups is 1. The molecule has 0 fully saturated rings. The zero-order chi connectivity index (χ0) is 17.3. The van der Waals surface area contributed by atoms with Crippen LogP contribution in [-0.2, 0) is 11.3 Å². The normalized spacial score (nSPS) is 10.7. The lowest BCUT2D eigenvalue weighted by molar-refractivity contribution is -0.384. The molecule has 0 spiro atoms. The number of rotatable bonds is 4. The third kappa shape index (κ3) is 2.99. The van der Waals surface area contributed by atoms with Gasteiger partial charge in [-0.25, -0.2) is 9.37 Å². The molecule has 0 atom stereocenters. The number of amides is 1. The molecule has 0 aliphatic heterocycles. The van der Waals surface area contributed by atoms with E-state index in [0.29, 0.717) is 10.2 Å². The summed E-state index contributed by atoms with van der Waals surface area (Å²) in [6.45, 7) is -0.389. The molecule has 0 unspecified atom stereocenters. The number of halogens is 1. The van der Waals surface area contributed by atoms with E-state index in [9.17, 15) is 24.1 Å². The first-order valence-electron chi connectivity index (χ1n) is 6.62. The Morgan fingerprint density at radius 1 is 1.42 bits per heavy atom. The van der Waals surface area contributed by atoms with Gasteiger partial charge in [0.25, 0.3) is 11.2 Å². The third-order valence-electron chi connectivity index (χ3n) is 3.20. The van der Waals surface area contributed by atoms with Gasteiger partial charge in [0.1, 0.15) is 17.2 Å². The highest BCUT2D eigenvalue weighted by Crippen LogP contribution is 2.21. The topological polar surface area (TPSA) is 107 Å². The average Bonchev–Trinajstić information content (AvgIpc) is 3.01. The number of aromatic nitrogens is 2. The first-order valence-corrected chi connectivity index (χ1v) is 7.50. The Morgan fingerprint density at radius 2 is 2.21 bits per heavy atom. The summed E-state index contributed by atoms with van der Waals surface area (Å²) in [6, 6.07) is 4.39. The molecule has 1 amide bonds. The predicted molar refractivity (Wildman–Crippen MR) is 85.6 cm³/mol. The van der Waals surface area contributed by atoms with E-state index in [1.807, 2.05) is 0 Å². The number of nitro groups is 1. The number of carbonyl (C=O) groups excluding carboxylic acids is 1. The SMILES string of the molecule is O=C(Cn1cnc2sccc2c1=O)Nc1cc([N+](=O)[O-])ccc1F. The van der Waals surface area contributed by atoms with E-state index >= 15 is 0 Å². The Bertz CT molecular complexity index is 1010. The summed E-state index contributed by atoms with van der Waals surface area (Å²) in [7, 11) is 0. The number of nitrogens with zero attached hydrogens (tertiary/aromatic N) is 3. The minimum Gasteiger partial charge on any atom is -0.322 e. The molecule has 2 aromatic heterocycles. The van der Waals surface area contributed by atoms with Crippen molar-refractivity contribution in [2.45, 2.75) is 6.54 Å². The van der Waals surface area contributed by atoms with Crippen LogP contribution < -0.4 is 10.9 Å². The summed E-state index contributed by atoms with van der Waals surface area (Å²) < 4.78 is 14.7. The predicted octanol–water partition coefficient (Wildman–Crippen LogP) is 2.14. The summed E-state index contributed by atoms with van der Waals surface area (Å²) in [5.74, 6) is -1.51. The molecule has 2 heterocycles. The molecular formula is C14H9FN4O4S.